The third-order valence-electron chi connectivity index (χ3n) is 22.9. The SMILES string of the molecule is CNc1c2c(=O)c3ccccc3c(=O)c2c(N)c2c(=O)n(C(C)COCC(COCC(C)n3c(=O)c4c(N)c5c(=O)c6ccccc6c(=O)c5c(NC)c4c3=O)(COCC(C)n3c(=O)c4c(N)c5c(=O)c6ccccc6c(=O)c5c(NC)c4c3=O)COCC(C)n3c(=O)c4c(N)c5c(=O)c6ccccc6c(=O)c5c(NC)c4c3=O)c(=O)c12. The van der Waals surface area contributed by atoms with Crippen molar-refractivity contribution in [2.24, 2.45) is 5.41 Å². The Labute approximate surface area is 653 Å². The molecule has 32 heteroatoms. The number of benzene rings is 12. The number of aromatic nitrogens is 4. The van der Waals surface area contributed by atoms with Crippen molar-refractivity contribution in [2.75, 3.05) is 125 Å². The molecule has 12 aromatic carbocycles. The standard InChI is InChI=1S/C85H72N12O20/c1-33(94-77(106)49-57(81(94)110)65(90-5)53-45(61(49)86)69(98)37-17-9-13-21-41(37)73(53)102)25-114-29-85(30-115-26-34(2)95-78(107)50-58(82(95)111)66(91-6)54-46(62(50)87)70(99)38-18-10-14-22-42(38)74(54)103,31-116-27-35(3)96-79(108)51-59(83(96)112)67(92-7)55-47(63(51)88)71(100)39-19-11-15-23-43(39)75(55)104)32-117-28-36(4)97-80(109)52-60(84(97)113)68(93-8)56-48(64(52)89)72(101)40-20-12-16-24-44(40)76(56)105/h9-24,33-36,90-93H,25-32,86-89H2,1-8H3. The van der Waals surface area contributed by atoms with Gasteiger partial charge in [-0.25, -0.2) is 0 Å². The summed E-state index contributed by atoms with van der Waals surface area (Å²) >= 11 is 0. The highest BCUT2D eigenvalue weighted by Crippen LogP contribution is 2.39. The van der Waals surface area contributed by atoms with E-state index in [1.54, 1.807) is 48.5 Å². The summed E-state index contributed by atoms with van der Waals surface area (Å²) in [5, 5.41) is 7.01. The van der Waals surface area contributed by atoms with Crippen LogP contribution in [-0.4, -0.2) is 99.3 Å². The number of hydrogen-bond donors (Lipinski definition) is 8. The minimum Gasteiger partial charge on any atom is -0.397 e. The fourth-order valence-electron chi connectivity index (χ4n) is 17.5. The lowest BCUT2D eigenvalue weighted by Crippen LogP contribution is -2.44. The van der Waals surface area contributed by atoms with E-state index < -0.39 is 193 Å². The van der Waals surface area contributed by atoms with Crippen LogP contribution in [0.3, 0.4) is 0 Å². The number of nitrogens with two attached hydrogens (primary N) is 4. The first-order valence-electron chi connectivity index (χ1n) is 37.2. The molecule has 4 heterocycles. The third-order valence-corrected chi connectivity index (χ3v) is 22.9. The van der Waals surface area contributed by atoms with E-state index in [0.29, 0.717) is 0 Å². The largest absolute Gasteiger partial charge is 0.397 e. The summed E-state index contributed by atoms with van der Waals surface area (Å²) in [6.07, 6.45) is 0. The second-order valence-electron chi connectivity index (χ2n) is 29.8. The second kappa shape index (κ2) is 28.2. The number of hydrogen-bond acceptors (Lipinski definition) is 28. The van der Waals surface area contributed by atoms with Gasteiger partial charge in [-0.2, -0.15) is 0 Å². The van der Waals surface area contributed by atoms with Crippen molar-refractivity contribution < 1.29 is 18.9 Å². The molecule has 0 bridgehead atoms. The molecule has 12 N–H and O–H groups in total. The summed E-state index contributed by atoms with van der Waals surface area (Å²) in [5.41, 5.74) is 10.1. The molecule has 4 aromatic heterocycles. The van der Waals surface area contributed by atoms with E-state index in [9.17, 15) is 76.7 Å². The van der Waals surface area contributed by atoms with E-state index in [1.807, 2.05) is 0 Å². The molecule has 0 radical (unpaired) electrons. The third kappa shape index (κ3) is 10.9. The molecule has 4 atom stereocenters. The molecule has 0 saturated carbocycles. The van der Waals surface area contributed by atoms with Gasteiger partial charge in [0.2, 0.25) is 0 Å². The zero-order valence-corrected chi connectivity index (χ0v) is 64.0. The first-order chi connectivity index (χ1) is 56.0. The summed E-state index contributed by atoms with van der Waals surface area (Å²) in [6, 6.07) is 19.1. The van der Waals surface area contributed by atoms with Gasteiger partial charge in [-0.05, 0) is 27.7 Å². The van der Waals surface area contributed by atoms with E-state index >= 15 is 0 Å². The van der Waals surface area contributed by atoms with Crippen LogP contribution >= 0.6 is 0 Å². The number of rotatable bonds is 24. The Bertz CT molecular complexity index is 7150. The normalized spacial score (nSPS) is 13.8. The molecule has 0 amide bonds. The van der Waals surface area contributed by atoms with E-state index in [0.717, 1.165) is 18.3 Å². The quantitative estimate of drug-likeness (QED) is 0.0242. The minimum absolute atomic E-state index is 0.0240. The summed E-state index contributed by atoms with van der Waals surface area (Å²) < 4.78 is 29.7. The van der Waals surface area contributed by atoms with Crippen molar-refractivity contribution in [1.82, 2.24) is 18.3 Å². The van der Waals surface area contributed by atoms with E-state index in [2.05, 4.69) is 21.3 Å². The minimum atomic E-state index is -1.78. The monoisotopic (exact) mass is 1580 g/mol. The molecule has 117 heavy (non-hydrogen) atoms. The fraction of sp³-hybridized carbons (Fsp3) is 0.247. The van der Waals surface area contributed by atoms with Crippen molar-refractivity contribution in [3.05, 3.63) is 262 Å². The number of nitrogens with one attached hydrogen (secondary N) is 4. The van der Waals surface area contributed by atoms with Gasteiger partial charge in [0.15, 0.2) is 43.4 Å². The van der Waals surface area contributed by atoms with E-state index in [-0.39, 0.29) is 152 Å². The molecule has 0 spiro atoms. The number of anilines is 8. The predicted molar refractivity (Wildman–Crippen MR) is 458 cm³/mol. The van der Waals surface area contributed by atoms with Crippen LogP contribution < -0.4 is 132 Å². The van der Waals surface area contributed by atoms with E-state index in [1.165, 1.54) is 104 Å². The van der Waals surface area contributed by atoms with Crippen LogP contribution in [0.25, 0.3) is 129 Å². The Kier molecular flexibility index (Phi) is 18.5. The Morgan fingerprint density at radius 2 is 0.410 bits per heavy atom. The van der Waals surface area contributed by atoms with Gasteiger partial charge in [0.1, 0.15) is 0 Å². The van der Waals surface area contributed by atoms with E-state index in [4.69, 9.17) is 41.9 Å². The van der Waals surface area contributed by atoms with Crippen LogP contribution in [0.5, 0.6) is 0 Å². The maximum atomic E-state index is 15.0. The van der Waals surface area contributed by atoms with Crippen molar-refractivity contribution in [1.29, 1.82) is 0 Å². The van der Waals surface area contributed by atoms with Crippen LogP contribution in [0.15, 0.2) is 174 Å². The van der Waals surface area contributed by atoms with Crippen molar-refractivity contribution in [2.45, 2.75) is 51.9 Å². The van der Waals surface area contributed by atoms with Crippen LogP contribution in [0.1, 0.15) is 51.9 Å². The summed E-state index contributed by atoms with van der Waals surface area (Å²) in [4.78, 5) is 234. The molecule has 0 fully saturated rings. The Hall–Kier alpha value is -14.1. The second-order valence-corrected chi connectivity index (χ2v) is 29.8. The molecule has 0 aliphatic carbocycles. The molecule has 4 unspecified atom stereocenters. The van der Waals surface area contributed by atoms with Gasteiger partial charge in [-0.1, -0.05) is 97.1 Å². The number of ether oxygens (including phenoxy) is 4. The highest BCUT2D eigenvalue weighted by atomic mass is 16.5. The molecule has 16 rings (SSSR count). The number of fused-ring (bicyclic) bond motifs is 12. The lowest BCUT2D eigenvalue weighted by Gasteiger charge is -2.34. The number of nitrogens with zero attached hydrogens (tertiary/aromatic N) is 4. The molecular weight excluding hydrogens is 1510 g/mol. The summed E-state index contributed by atoms with van der Waals surface area (Å²) in [6.45, 7) is 1.35. The van der Waals surface area contributed by atoms with Gasteiger partial charge in [0.25, 0.3) is 44.5 Å². The van der Waals surface area contributed by atoms with Crippen LogP contribution in [-0.2, 0) is 18.9 Å². The molecule has 32 nitrogen and oxygen atoms in total. The predicted octanol–water partition coefficient (Wildman–Crippen LogP) is 3.89. The average Bonchev–Trinajstić information content (AvgIpc) is 1.64. The van der Waals surface area contributed by atoms with Gasteiger partial charge >= 0.3 is 0 Å². The fourth-order valence-corrected chi connectivity index (χ4v) is 17.5. The van der Waals surface area contributed by atoms with Gasteiger partial charge in [-0.15, -0.1) is 0 Å². The van der Waals surface area contributed by atoms with Gasteiger partial charge in [0.05, 0.1) is 214 Å². The van der Waals surface area contributed by atoms with Gasteiger partial charge in [-0.3, -0.25) is 95.0 Å². The molecular formula is C85H72N12O20. The first kappa shape index (κ1) is 76.9. The van der Waals surface area contributed by atoms with Crippen LogP contribution in [0.4, 0.5) is 45.5 Å². The Morgan fingerprint density at radius 1 is 0.256 bits per heavy atom. The van der Waals surface area contributed by atoms with Crippen LogP contribution in [0.2, 0.25) is 0 Å². The molecule has 0 aliphatic rings. The summed E-state index contributed by atoms with van der Waals surface area (Å²) in [7, 11) is 5.61. The Balaban J connectivity index is 0.807. The molecule has 16 aromatic rings. The molecule has 0 saturated heterocycles. The van der Waals surface area contributed by atoms with Crippen molar-refractivity contribution in [3.8, 4) is 0 Å². The lowest BCUT2D eigenvalue weighted by molar-refractivity contribution is -0.116. The maximum absolute atomic E-state index is 15.0. The first-order valence-corrected chi connectivity index (χ1v) is 37.2. The molecule has 0 aliphatic heterocycles. The topological polar surface area (TPSA) is 482 Å². The lowest BCUT2D eigenvalue weighted by atomic mass is 9.92. The highest BCUT2D eigenvalue weighted by Gasteiger charge is 2.38. The van der Waals surface area contributed by atoms with Gasteiger partial charge in [0, 0.05) is 71.3 Å². The van der Waals surface area contributed by atoms with Gasteiger partial charge < -0.3 is 63.1 Å². The number of nitrogen functional groups attached to an aromatic ring is 4. The zero-order chi connectivity index (χ0) is 83.5. The van der Waals surface area contributed by atoms with Crippen molar-refractivity contribution >= 4 is 175 Å². The summed E-state index contributed by atoms with van der Waals surface area (Å²) in [5.74, 6) is 0. The maximum Gasteiger partial charge on any atom is 0.264 e. The Morgan fingerprint density at radius 3 is 0.573 bits per heavy atom. The zero-order valence-electron chi connectivity index (χ0n) is 64.0. The van der Waals surface area contributed by atoms with Crippen LogP contribution in [0, 0.1) is 5.41 Å². The average molecular weight is 1580 g/mol. The van der Waals surface area contributed by atoms with Crippen molar-refractivity contribution in [3.63, 3.8) is 0 Å². The smallest absolute Gasteiger partial charge is 0.264 e. The molecule has 592 valence electrons. The highest BCUT2D eigenvalue weighted by molar-refractivity contribution is 6.25.